The third-order valence-corrected chi connectivity index (χ3v) is 3.85. The molecule has 0 aliphatic carbocycles. The Hall–Kier alpha value is -3.20. The Morgan fingerprint density at radius 3 is 2.26 bits per heavy atom. The van der Waals surface area contributed by atoms with Crippen LogP contribution in [0, 0.1) is 0 Å². The first-order valence-corrected chi connectivity index (χ1v) is 8.52. The van der Waals surface area contributed by atoms with Crippen molar-refractivity contribution >= 4 is 51.0 Å². The lowest BCUT2D eigenvalue weighted by atomic mass is 10.2. The zero-order valence-electron chi connectivity index (χ0n) is 14.2. The molecule has 9 heteroatoms. The summed E-state index contributed by atoms with van der Waals surface area (Å²) in [5.41, 5.74) is 0.852. The SMILES string of the molecule is COC(=O)c1ccccc1NC(=O)CNC(=O)C(=O)Nc1ccc(Br)cc1. The topological polar surface area (TPSA) is 114 Å². The molecule has 0 aromatic heterocycles. The quantitative estimate of drug-likeness (QED) is 0.492. The van der Waals surface area contributed by atoms with E-state index >= 15 is 0 Å². The number of benzene rings is 2. The van der Waals surface area contributed by atoms with Gasteiger partial charge < -0.3 is 20.7 Å². The summed E-state index contributed by atoms with van der Waals surface area (Å²) in [7, 11) is 1.23. The van der Waals surface area contributed by atoms with Crippen molar-refractivity contribution < 1.29 is 23.9 Å². The van der Waals surface area contributed by atoms with Gasteiger partial charge in [0.2, 0.25) is 5.91 Å². The van der Waals surface area contributed by atoms with E-state index in [9.17, 15) is 19.2 Å². The van der Waals surface area contributed by atoms with Gasteiger partial charge in [-0.2, -0.15) is 0 Å². The highest BCUT2D eigenvalue weighted by molar-refractivity contribution is 9.10. The highest BCUT2D eigenvalue weighted by Crippen LogP contribution is 2.16. The maximum absolute atomic E-state index is 12.0. The molecule has 0 aliphatic rings. The maximum atomic E-state index is 12.0. The molecule has 0 atom stereocenters. The van der Waals surface area contributed by atoms with E-state index in [0.717, 1.165) is 4.47 Å². The number of anilines is 2. The van der Waals surface area contributed by atoms with Crippen LogP contribution >= 0.6 is 15.9 Å². The van der Waals surface area contributed by atoms with E-state index in [4.69, 9.17) is 0 Å². The lowest BCUT2D eigenvalue weighted by Gasteiger charge is -2.10. The molecule has 3 amide bonds. The Bertz CT molecular complexity index is 868. The molecule has 8 nitrogen and oxygen atoms in total. The van der Waals surface area contributed by atoms with Crippen molar-refractivity contribution in [2.45, 2.75) is 0 Å². The van der Waals surface area contributed by atoms with Crippen molar-refractivity contribution in [3.8, 4) is 0 Å². The fourth-order valence-corrected chi connectivity index (χ4v) is 2.30. The Labute approximate surface area is 163 Å². The molecule has 0 spiro atoms. The molecule has 0 fully saturated rings. The zero-order chi connectivity index (χ0) is 19.8. The molecule has 0 heterocycles. The van der Waals surface area contributed by atoms with Gasteiger partial charge in [-0.1, -0.05) is 28.1 Å². The fraction of sp³-hybridized carbons (Fsp3) is 0.111. The molecule has 0 saturated heterocycles. The molecule has 0 radical (unpaired) electrons. The number of hydrogen-bond donors (Lipinski definition) is 3. The molecule has 27 heavy (non-hydrogen) atoms. The number of amides is 3. The molecule has 0 unspecified atom stereocenters. The van der Waals surface area contributed by atoms with E-state index in [1.165, 1.54) is 19.2 Å². The minimum atomic E-state index is -0.964. The van der Waals surface area contributed by atoms with Gasteiger partial charge in [-0.15, -0.1) is 0 Å². The van der Waals surface area contributed by atoms with Crippen LogP contribution in [0.2, 0.25) is 0 Å². The van der Waals surface area contributed by atoms with E-state index in [1.807, 2.05) is 0 Å². The lowest BCUT2D eigenvalue weighted by molar-refractivity contribution is -0.136. The van der Waals surface area contributed by atoms with Gasteiger partial charge in [-0.05, 0) is 36.4 Å². The molecular weight excluding hydrogens is 418 g/mol. The molecule has 0 aliphatic heterocycles. The van der Waals surface area contributed by atoms with Crippen molar-refractivity contribution in [1.29, 1.82) is 0 Å². The van der Waals surface area contributed by atoms with Gasteiger partial charge in [0.05, 0.1) is 24.9 Å². The van der Waals surface area contributed by atoms with Crippen molar-refractivity contribution in [1.82, 2.24) is 5.32 Å². The average molecular weight is 434 g/mol. The number of hydrogen-bond acceptors (Lipinski definition) is 5. The number of para-hydroxylation sites is 1. The number of methoxy groups -OCH3 is 1. The lowest BCUT2D eigenvalue weighted by Crippen LogP contribution is -2.39. The molecule has 2 aromatic carbocycles. The van der Waals surface area contributed by atoms with Crippen LogP contribution in [-0.4, -0.2) is 37.3 Å². The standard InChI is InChI=1S/C18H16BrN3O5/c1-27-18(26)13-4-2-3-5-14(13)22-15(23)10-20-16(24)17(25)21-12-8-6-11(19)7-9-12/h2-9H,10H2,1H3,(H,20,24)(H,21,25)(H,22,23). The predicted octanol–water partition coefficient (Wildman–Crippen LogP) is 1.93. The number of esters is 1. The normalized spacial score (nSPS) is 9.85. The summed E-state index contributed by atoms with van der Waals surface area (Å²) >= 11 is 3.26. The number of halogens is 1. The first-order chi connectivity index (χ1) is 12.9. The third-order valence-electron chi connectivity index (χ3n) is 3.32. The second-order valence-corrected chi connectivity index (χ2v) is 6.14. The Morgan fingerprint density at radius 2 is 1.59 bits per heavy atom. The molecule has 0 bridgehead atoms. The van der Waals surface area contributed by atoms with Gasteiger partial charge in [0.25, 0.3) is 0 Å². The minimum absolute atomic E-state index is 0.174. The Balaban J connectivity index is 1.88. The highest BCUT2D eigenvalue weighted by atomic mass is 79.9. The summed E-state index contributed by atoms with van der Waals surface area (Å²) in [6.07, 6.45) is 0. The minimum Gasteiger partial charge on any atom is -0.465 e. The van der Waals surface area contributed by atoms with Crippen LogP contribution in [0.1, 0.15) is 10.4 Å². The number of carbonyl (C=O) groups excluding carboxylic acids is 4. The van der Waals surface area contributed by atoms with E-state index in [1.54, 1.807) is 36.4 Å². The van der Waals surface area contributed by atoms with Gasteiger partial charge in [0.1, 0.15) is 0 Å². The summed E-state index contributed by atoms with van der Waals surface area (Å²) < 4.78 is 5.46. The van der Waals surface area contributed by atoms with E-state index < -0.39 is 30.2 Å². The van der Waals surface area contributed by atoms with Gasteiger partial charge in [-0.25, -0.2) is 4.79 Å². The van der Waals surface area contributed by atoms with E-state index in [-0.39, 0.29) is 11.3 Å². The molecule has 0 saturated carbocycles. The van der Waals surface area contributed by atoms with Gasteiger partial charge >= 0.3 is 17.8 Å². The van der Waals surface area contributed by atoms with Crippen molar-refractivity contribution in [2.75, 3.05) is 24.3 Å². The zero-order valence-corrected chi connectivity index (χ0v) is 15.8. The number of carbonyl (C=O) groups is 4. The molecule has 3 N–H and O–H groups in total. The molecule has 140 valence electrons. The van der Waals surface area contributed by atoms with Gasteiger partial charge in [0, 0.05) is 10.2 Å². The van der Waals surface area contributed by atoms with Gasteiger partial charge in [-0.3, -0.25) is 14.4 Å². The van der Waals surface area contributed by atoms with Crippen molar-refractivity contribution in [3.63, 3.8) is 0 Å². The Kier molecular flexibility index (Phi) is 7.07. The summed E-state index contributed by atoms with van der Waals surface area (Å²) in [5.74, 6) is -3.07. The van der Waals surface area contributed by atoms with Crippen LogP contribution in [0.5, 0.6) is 0 Å². The maximum Gasteiger partial charge on any atom is 0.339 e. The number of rotatable bonds is 5. The molecule has 2 aromatic rings. The second kappa shape index (κ2) is 9.48. The van der Waals surface area contributed by atoms with Gasteiger partial charge in [0.15, 0.2) is 0 Å². The average Bonchev–Trinajstić information content (AvgIpc) is 2.67. The predicted molar refractivity (Wildman–Crippen MR) is 102 cm³/mol. The van der Waals surface area contributed by atoms with Crippen LogP contribution in [0.3, 0.4) is 0 Å². The largest absolute Gasteiger partial charge is 0.465 e. The second-order valence-electron chi connectivity index (χ2n) is 5.23. The van der Waals surface area contributed by atoms with Crippen molar-refractivity contribution in [3.05, 3.63) is 58.6 Å². The van der Waals surface area contributed by atoms with E-state index in [0.29, 0.717) is 5.69 Å². The van der Waals surface area contributed by atoms with Crippen LogP contribution in [0.4, 0.5) is 11.4 Å². The summed E-state index contributed by atoms with van der Waals surface area (Å²) in [6, 6.07) is 12.9. The highest BCUT2D eigenvalue weighted by Gasteiger charge is 2.17. The van der Waals surface area contributed by atoms with Crippen molar-refractivity contribution in [2.24, 2.45) is 0 Å². The van der Waals surface area contributed by atoms with Crippen LogP contribution in [-0.2, 0) is 19.1 Å². The number of nitrogens with one attached hydrogen (secondary N) is 3. The summed E-state index contributed by atoms with van der Waals surface area (Å²) in [4.78, 5) is 47.3. The third kappa shape index (κ3) is 5.93. The van der Waals surface area contributed by atoms with Crippen LogP contribution in [0.15, 0.2) is 53.0 Å². The van der Waals surface area contributed by atoms with E-state index in [2.05, 4.69) is 36.6 Å². The first kappa shape index (κ1) is 20.1. The molecule has 2 rings (SSSR count). The number of ether oxygens (including phenoxy) is 1. The summed E-state index contributed by atoms with van der Waals surface area (Å²) in [5, 5.41) is 7.10. The monoisotopic (exact) mass is 433 g/mol. The first-order valence-electron chi connectivity index (χ1n) is 7.72. The fourth-order valence-electron chi connectivity index (χ4n) is 2.04. The smallest absolute Gasteiger partial charge is 0.339 e. The van der Waals surface area contributed by atoms with Crippen LogP contribution < -0.4 is 16.0 Å². The van der Waals surface area contributed by atoms with Crippen LogP contribution in [0.25, 0.3) is 0 Å². The molecular formula is C18H16BrN3O5. The summed E-state index contributed by atoms with van der Waals surface area (Å²) in [6.45, 7) is -0.442. The Morgan fingerprint density at radius 1 is 0.926 bits per heavy atom.